The molecule has 0 aliphatic carbocycles. The van der Waals surface area contributed by atoms with Crippen molar-refractivity contribution in [3.8, 4) is 11.1 Å². The number of aromatic nitrogens is 1. The molecular weight excluding hydrogens is 509 g/mol. The Morgan fingerprint density at radius 2 is 1.56 bits per heavy atom. The van der Waals surface area contributed by atoms with E-state index in [1.807, 2.05) is 31.2 Å². The summed E-state index contributed by atoms with van der Waals surface area (Å²) in [4.78, 5) is 15.6. The summed E-state index contributed by atoms with van der Waals surface area (Å²) >= 11 is 0. The molecule has 0 aliphatic heterocycles. The van der Waals surface area contributed by atoms with Crippen LogP contribution in [-0.4, -0.2) is 32.5 Å². The van der Waals surface area contributed by atoms with Crippen molar-refractivity contribution in [2.24, 2.45) is 0 Å². The van der Waals surface area contributed by atoms with E-state index in [1.165, 1.54) is 6.07 Å². The molecule has 0 unspecified atom stereocenters. The average Bonchev–Trinajstić information content (AvgIpc) is 2.69. The van der Waals surface area contributed by atoms with Crippen molar-refractivity contribution in [1.82, 2.24) is 0 Å². The molecule has 2 N–H and O–H groups in total. The van der Waals surface area contributed by atoms with E-state index in [0.717, 1.165) is 5.56 Å². The van der Waals surface area contributed by atoms with Gasteiger partial charge in [-0.15, -0.1) is 3.89 Å². The van der Waals surface area contributed by atoms with E-state index in [9.17, 15) is 22.2 Å². The van der Waals surface area contributed by atoms with Crippen molar-refractivity contribution in [1.29, 1.82) is 0 Å². The number of aromatic amines is 1. The Morgan fingerprint density at radius 3 is 2.15 bits per heavy atom. The van der Waals surface area contributed by atoms with Crippen molar-refractivity contribution in [3.05, 3.63) is 71.3 Å². The lowest BCUT2D eigenvalue weighted by molar-refractivity contribution is -0.310. The highest BCUT2D eigenvalue weighted by molar-refractivity contribution is 8.13. The van der Waals surface area contributed by atoms with E-state index >= 15 is 0 Å². The van der Waals surface area contributed by atoms with Crippen molar-refractivity contribution in [2.75, 3.05) is 0 Å². The number of hydrogen-bond acceptors (Lipinski definition) is 6. The van der Waals surface area contributed by atoms with Crippen molar-refractivity contribution in [3.63, 3.8) is 0 Å². The van der Waals surface area contributed by atoms with Gasteiger partial charge in [0.05, 0.1) is 21.2 Å². The molecule has 0 bridgehead atoms. The number of carboxylic acids is 1. The topological polar surface area (TPSA) is 143 Å². The molecule has 1 aromatic heterocycles. The lowest BCUT2D eigenvalue weighted by atomic mass is 9.90. The quantitative estimate of drug-likeness (QED) is 0.240. The molecule has 4 rings (SSSR count). The number of benzene rings is 3. The van der Waals surface area contributed by atoms with Gasteiger partial charge in [0.15, 0.2) is 0 Å². The van der Waals surface area contributed by atoms with Gasteiger partial charge >= 0.3 is 5.97 Å². The fourth-order valence-electron chi connectivity index (χ4n) is 3.95. The molecule has 0 aliphatic rings. The lowest BCUT2D eigenvalue weighted by Crippen LogP contribution is -2.12. The molecular formula is C22H17ClFNO7S2. The highest BCUT2D eigenvalue weighted by Gasteiger charge is 2.25. The lowest BCUT2D eigenvalue weighted by Gasteiger charge is -2.15. The van der Waals surface area contributed by atoms with Crippen LogP contribution in [0.1, 0.15) is 21.5 Å². The zero-order valence-corrected chi connectivity index (χ0v) is 20.1. The second kappa shape index (κ2) is 9.26. The monoisotopic (exact) mass is 525 g/mol. The molecule has 1 heterocycles. The fraction of sp³-hybridized carbons (Fsp3) is 0.0909. The largest absolute Gasteiger partial charge is 0.722 e. The predicted octanol–water partition coefficient (Wildman–Crippen LogP) is 4.13. The third-order valence-electron chi connectivity index (χ3n) is 5.15. The third kappa shape index (κ3) is 5.33. The number of H-pyrrole nitrogens is 1. The van der Waals surface area contributed by atoms with Crippen molar-refractivity contribution in [2.45, 2.75) is 18.7 Å². The number of nitrogens with one attached hydrogen (secondary N) is 1. The summed E-state index contributed by atoms with van der Waals surface area (Å²) in [6.45, 7) is 3.54. The number of hydrogen-bond donors (Lipinski definition) is 1. The number of aryl methyl sites for hydroxylation is 1. The van der Waals surface area contributed by atoms with E-state index in [0.29, 0.717) is 38.5 Å². The normalized spacial score (nSPS) is 11.8. The van der Waals surface area contributed by atoms with Gasteiger partial charge < -0.3 is 9.66 Å². The first kappa shape index (κ1) is 25.5. The van der Waals surface area contributed by atoms with Crippen LogP contribution in [0.2, 0.25) is 0 Å². The Labute approximate surface area is 199 Å². The maximum atomic E-state index is 12.3. The van der Waals surface area contributed by atoms with Crippen LogP contribution in [0, 0.1) is 13.8 Å². The third-order valence-corrected chi connectivity index (χ3v) is 6.62. The van der Waals surface area contributed by atoms with E-state index in [2.05, 4.69) is 4.98 Å². The smallest absolute Gasteiger partial charge is 0.337 e. The number of pyridine rings is 1. The molecule has 0 saturated carbocycles. The van der Waals surface area contributed by atoms with Crippen LogP contribution in [0.4, 0.5) is 3.89 Å². The highest BCUT2D eigenvalue weighted by Crippen LogP contribution is 2.38. The summed E-state index contributed by atoms with van der Waals surface area (Å²) in [7, 11) is -3.74. The molecule has 178 valence electrons. The summed E-state index contributed by atoms with van der Waals surface area (Å²) in [5.74, 6) is -1.05. The second-order valence-corrected chi connectivity index (χ2v) is 10.6. The van der Waals surface area contributed by atoms with Gasteiger partial charge in [-0.3, -0.25) is 0 Å². The Morgan fingerprint density at radius 1 is 0.971 bits per heavy atom. The Bertz CT molecular complexity index is 1660. The first-order valence-corrected chi connectivity index (χ1v) is 13.1. The van der Waals surface area contributed by atoms with Gasteiger partial charge in [-0.1, -0.05) is 30.3 Å². The molecule has 0 atom stereocenters. The SMILES string of the molecule is Cc1ccc(S(=O)(=O)Cl)c(C)c1-c1cccc2[nH+]c3ccccc3c(C(=O)O)c12.O=S(=O)([O-])F. The summed E-state index contributed by atoms with van der Waals surface area (Å²) in [5, 5.41) is 11.1. The van der Waals surface area contributed by atoms with Gasteiger partial charge in [-0.05, 0) is 48.2 Å². The van der Waals surface area contributed by atoms with E-state index < -0.39 is 25.5 Å². The maximum Gasteiger partial charge on any atom is 0.337 e. The minimum absolute atomic E-state index is 0.0124. The number of carbonyl (C=O) groups is 1. The first-order chi connectivity index (χ1) is 15.7. The molecule has 0 amide bonds. The molecule has 8 nitrogen and oxygen atoms in total. The number of para-hydroxylation sites is 1. The van der Waals surface area contributed by atoms with Crippen LogP contribution in [0.15, 0.2) is 59.5 Å². The van der Waals surface area contributed by atoms with Crippen molar-refractivity contribution < 1.29 is 40.2 Å². The molecule has 12 heteroatoms. The Hall–Kier alpha value is -3.12. The number of rotatable bonds is 3. The number of fused-ring (bicyclic) bond motifs is 2. The Balaban J connectivity index is 0.000000588. The zero-order chi connectivity index (χ0) is 25.4. The highest BCUT2D eigenvalue weighted by atomic mass is 35.7. The predicted molar refractivity (Wildman–Crippen MR) is 124 cm³/mol. The minimum atomic E-state index is -5.42. The van der Waals surface area contributed by atoms with Gasteiger partial charge in [0.25, 0.3) is 19.6 Å². The molecule has 34 heavy (non-hydrogen) atoms. The van der Waals surface area contributed by atoms with Crippen LogP contribution >= 0.6 is 10.7 Å². The van der Waals surface area contributed by atoms with Crippen LogP contribution in [0.5, 0.6) is 0 Å². The summed E-state index contributed by atoms with van der Waals surface area (Å²) in [6.07, 6.45) is 0. The van der Waals surface area contributed by atoms with Gasteiger partial charge in [-0.2, -0.15) is 0 Å². The standard InChI is InChI=1S/C22H16ClNO4S.FHO3S/c1-12-10-11-18(29(23,27)28)13(2)19(12)15-7-5-9-17-20(15)21(22(25)26)14-6-3-4-8-16(14)24-17;1-5(2,3)4/h3-11H,1-2H3,(H,25,26);(H,2,3,4). The van der Waals surface area contributed by atoms with Gasteiger partial charge in [0.2, 0.25) is 11.0 Å². The molecule has 0 fully saturated rings. The van der Waals surface area contributed by atoms with Crippen LogP contribution in [0.3, 0.4) is 0 Å². The fourth-order valence-corrected chi connectivity index (χ4v) is 5.15. The van der Waals surface area contributed by atoms with Gasteiger partial charge in [0, 0.05) is 22.8 Å². The number of halogens is 2. The zero-order valence-electron chi connectivity index (χ0n) is 17.7. The van der Waals surface area contributed by atoms with Crippen LogP contribution < -0.4 is 4.98 Å². The molecule has 0 radical (unpaired) electrons. The molecule has 0 saturated heterocycles. The molecule has 3 aromatic carbocycles. The number of aromatic carboxylic acids is 1. The van der Waals surface area contributed by atoms with Gasteiger partial charge in [-0.25, -0.2) is 26.6 Å². The first-order valence-electron chi connectivity index (χ1n) is 9.51. The molecule has 0 spiro atoms. The maximum absolute atomic E-state index is 12.3. The molecule has 4 aromatic rings. The van der Waals surface area contributed by atoms with Crippen LogP contribution in [0.25, 0.3) is 32.9 Å². The van der Waals surface area contributed by atoms with E-state index in [4.69, 9.17) is 23.7 Å². The summed E-state index contributed by atoms with van der Waals surface area (Å²) < 4.78 is 59.4. The van der Waals surface area contributed by atoms with E-state index in [1.54, 1.807) is 31.2 Å². The summed E-state index contributed by atoms with van der Waals surface area (Å²) in [6, 6.07) is 15.8. The van der Waals surface area contributed by atoms with E-state index in [-0.39, 0.29) is 10.5 Å². The van der Waals surface area contributed by atoms with Gasteiger partial charge in [0.1, 0.15) is 0 Å². The second-order valence-electron chi connectivity index (χ2n) is 7.29. The number of carboxylic acid groups (broad SMARTS) is 1. The van der Waals surface area contributed by atoms with Crippen molar-refractivity contribution >= 4 is 58.0 Å². The average molecular weight is 526 g/mol. The summed E-state index contributed by atoms with van der Waals surface area (Å²) in [5.41, 5.74) is 4.13. The Kier molecular flexibility index (Phi) is 6.94. The van der Waals surface area contributed by atoms with Crippen LogP contribution in [-0.2, 0) is 19.6 Å². The minimum Gasteiger partial charge on any atom is -0.722 e.